The number of thiophene rings is 1. The first-order chi connectivity index (χ1) is 26.6. The van der Waals surface area contributed by atoms with Gasteiger partial charge in [-0.2, -0.15) is 0 Å². The number of ether oxygens (including phenoxy) is 2. The number of nitrogens with zero attached hydrogens (tertiary/aromatic N) is 6. The number of sulfone groups is 1. The number of hydrogen-bond donors (Lipinski definition) is 2. The Bertz CT molecular complexity index is 2110. The number of carbonyl (C=O) groups is 2. The maximum atomic E-state index is 13.0. The van der Waals surface area contributed by atoms with Crippen LogP contribution in [-0.4, -0.2) is 102 Å². The molecule has 296 valence electrons. The Labute approximate surface area is 326 Å². The van der Waals surface area contributed by atoms with Crippen molar-refractivity contribution in [1.82, 2.24) is 34.7 Å². The fourth-order valence-electron chi connectivity index (χ4n) is 7.11. The molecule has 16 heteroatoms. The first kappa shape index (κ1) is 40.5. The zero-order valence-electron chi connectivity index (χ0n) is 31.8. The van der Waals surface area contributed by atoms with E-state index in [1.54, 1.807) is 0 Å². The lowest BCUT2D eigenvalue weighted by Gasteiger charge is -2.31. The van der Waals surface area contributed by atoms with E-state index < -0.39 is 9.84 Å². The van der Waals surface area contributed by atoms with Crippen molar-refractivity contribution >= 4 is 60.1 Å². The molecule has 0 radical (unpaired) electrons. The van der Waals surface area contributed by atoms with Crippen LogP contribution in [0.1, 0.15) is 93.3 Å². The SMILES string of the molecule is CCCCc1nc2c(N)nc3cc(C4CCN(C(=O)CCOCCNC(=O)CCCC#Cc5cnc(S(C)(=O)=O)nc5)CC4)sc3c2n1CC1CCOCC1. The summed E-state index contributed by atoms with van der Waals surface area (Å²) in [5.41, 5.74) is 9.93. The lowest BCUT2D eigenvalue weighted by Crippen LogP contribution is -2.38. The molecule has 2 aliphatic heterocycles. The van der Waals surface area contributed by atoms with Crippen LogP contribution in [-0.2, 0) is 41.9 Å². The van der Waals surface area contributed by atoms with E-state index in [0.717, 1.165) is 98.0 Å². The summed E-state index contributed by atoms with van der Waals surface area (Å²) in [4.78, 5) is 45.9. The van der Waals surface area contributed by atoms with Gasteiger partial charge in [0.1, 0.15) is 11.3 Å². The van der Waals surface area contributed by atoms with Crippen molar-refractivity contribution in [2.75, 3.05) is 58.1 Å². The molecule has 4 aromatic heterocycles. The highest BCUT2D eigenvalue weighted by Crippen LogP contribution is 2.40. The molecule has 2 fully saturated rings. The van der Waals surface area contributed by atoms with Gasteiger partial charge in [-0.25, -0.2) is 28.4 Å². The zero-order valence-corrected chi connectivity index (χ0v) is 33.5. The van der Waals surface area contributed by atoms with Gasteiger partial charge in [0, 0.05) is 82.2 Å². The highest BCUT2D eigenvalue weighted by molar-refractivity contribution is 7.90. The van der Waals surface area contributed by atoms with E-state index in [2.05, 4.69) is 44.7 Å². The van der Waals surface area contributed by atoms with Gasteiger partial charge in [0.2, 0.25) is 26.8 Å². The van der Waals surface area contributed by atoms with Crippen LogP contribution < -0.4 is 11.1 Å². The van der Waals surface area contributed by atoms with Gasteiger partial charge in [0.15, 0.2) is 5.82 Å². The summed E-state index contributed by atoms with van der Waals surface area (Å²) in [6.07, 6.45) is 12.5. The van der Waals surface area contributed by atoms with E-state index in [4.69, 9.17) is 25.2 Å². The molecule has 0 saturated carbocycles. The zero-order chi connectivity index (χ0) is 38.8. The van der Waals surface area contributed by atoms with Gasteiger partial charge in [-0.15, -0.1) is 11.3 Å². The topological polar surface area (TPSA) is 185 Å². The lowest BCUT2D eigenvalue weighted by atomic mass is 9.95. The van der Waals surface area contributed by atoms with Crippen LogP contribution in [0.25, 0.3) is 21.3 Å². The Hall–Kier alpha value is -4.17. The number of amides is 2. The molecule has 0 unspecified atom stereocenters. The number of hydrogen-bond acceptors (Lipinski definition) is 12. The first-order valence-electron chi connectivity index (χ1n) is 19.4. The third-order valence-corrected chi connectivity index (χ3v) is 12.4. The number of aryl methyl sites for hydroxylation is 1. The number of carbonyl (C=O) groups excluding carboxylic acids is 2. The quantitative estimate of drug-likeness (QED) is 0.0916. The number of piperidine rings is 1. The molecule has 0 bridgehead atoms. The van der Waals surface area contributed by atoms with Gasteiger partial charge >= 0.3 is 0 Å². The van der Waals surface area contributed by atoms with Crippen LogP contribution in [0, 0.1) is 17.8 Å². The summed E-state index contributed by atoms with van der Waals surface area (Å²) >= 11 is 1.81. The maximum absolute atomic E-state index is 13.0. The normalized spacial score (nSPS) is 15.7. The number of unbranched alkanes of at least 4 members (excludes halogenated alkanes) is 2. The summed E-state index contributed by atoms with van der Waals surface area (Å²) in [6, 6.07) is 2.21. The largest absolute Gasteiger partial charge is 0.382 e. The third-order valence-electron chi connectivity index (χ3n) is 10.2. The Morgan fingerprint density at radius 1 is 1.07 bits per heavy atom. The van der Waals surface area contributed by atoms with E-state index >= 15 is 0 Å². The van der Waals surface area contributed by atoms with Crippen LogP contribution >= 0.6 is 11.3 Å². The van der Waals surface area contributed by atoms with Crippen molar-refractivity contribution in [2.45, 2.75) is 95.2 Å². The molecule has 6 heterocycles. The number of nitrogen functional groups attached to an aromatic ring is 1. The molecule has 0 spiro atoms. The summed E-state index contributed by atoms with van der Waals surface area (Å²) in [7, 11) is -3.45. The van der Waals surface area contributed by atoms with Gasteiger partial charge < -0.3 is 30.0 Å². The average molecular weight is 793 g/mol. The van der Waals surface area contributed by atoms with Crippen molar-refractivity contribution in [3.63, 3.8) is 0 Å². The highest BCUT2D eigenvalue weighted by atomic mass is 32.2. The van der Waals surface area contributed by atoms with Gasteiger partial charge in [-0.3, -0.25) is 9.59 Å². The summed E-state index contributed by atoms with van der Waals surface area (Å²) in [6.45, 7) is 7.17. The minimum Gasteiger partial charge on any atom is -0.382 e. The Kier molecular flexibility index (Phi) is 14.1. The van der Waals surface area contributed by atoms with Crippen molar-refractivity contribution in [2.24, 2.45) is 5.92 Å². The second-order valence-electron chi connectivity index (χ2n) is 14.4. The second kappa shape index (κ2) is 19.1. The Morgan fingerprint density at radius 2 is 1.84 bits per heavy atom. The summed E-state index contributed by atoms with van der Waals surface area (Å²) in [5, 5.41) is 2.59. The van der Waals surface area contributed by atoms with Gasteiger partial charge in [-0.05, 0) is 56.4 Å². The standard InChI is InChI=1S/C39H52N8O6S2/c1-3-4-9-32-45-35-36(47(32)26-27-13-19-52-20-14-27)37-30(44-38(35)40)23-31(54-37)29-11-17-46(18-12-29)34(49)15-21-53-22-16-41-33(48)10-7-5-6-8-28-24-42-39(43-25-28)55(2,50)51/h23-25,27,29H,3-5,7,9-22,26H2,1-2H3,(H2,40,44)(H,41,48). The van der Waals surface area contributed by atoms with E-state index in [-0.39, 0.29) is 17.0 Å². The van der Waals surface area contributed by atoms with E-state index in [9.17, 15) is 18.0 Å². The van der Waals surface area contributed by atoms with Crippen LogP contribution in [0.4, 0.5) is 5.82 Å². The van der Waals surface area contributed by atoms with Crippen LogP contribution in [0.5, 0.6) is 0 Å². The van der Waals surface area contributed by atoms with Crippen LogP contribution in [0.15, 0.2) is 23.6 Å². The fourth-order valence-corrected chi connectivity index (χ4v) is 8.92. The van der Waals surface area contributed by atoms with E-state index in [1.165, 1.54) is 17.3 Å². The molecular weight excluding hydrogens is 741 g/mol. The molecule has 2 aliphatic rings. The van der Waals surface area contributed by atoms with Crippen molar-refractivity contribution < 1.29 is 27.5 Å². The smallest absolute Gasteiger partial charge is 0.246 e. The molecule has 3 N–H and O–H groups in total. The van der Waals surface area contributed by atoms with Crippen LogP contribution in [0.2, 0.25) is 0 Å². The number of fused-ring (bicyclic) bond motifs is 3. The highest BCUT2D eigenvalue weighted by Gasteiger charge is 2.27. The third kappa shape index (κ3) is 10.8. The average Bonchev–Trinajstić information content (AvgIpc) is 3.77. The Balaban J connectivity index is 0.916. The second-order valence-corrected chi connectivity index (χ2v) is 17.4. The predicted molar refractivity (Wildman–Crippen MR) is 212 cm³/mol. The molecule has 0 aromatic carbocycles. The van der Waals surface area contributed by atoms with Crippen molar-refractivity contribution in [3.8, 4) is 11.8 Å². The number of aromatic nitrogens is 5. The van der Waals surface area contributed by atoms with E-state index in [1.807, 2.05) is 16.2 Å². The monoisotopic (exact) mass is 792 g/mol. The van der Waals surface area contributed by atoms with Crippen molar-refractivity contribution in [3.05, 3.63) is 34.7 Å². The summed E-state index contributed by atoms with van der Waals surface area (Å²) in [5.74, 6) is 8.32. The molecule has 55 heavy (non-hydrogen) atoms. The molecule has 2 amide bonds. The minimum atomic E-state index is -3.45. The number of likely N-dealkylation sites (tertiary alicyclic amines) is 1. The maximum Gasteiger partial charge on any atom is 0.246 e. The molecule has 0 aliphatic carbocycles. The number of pyridine rings is 1. The van der Waals surface area contributed by atoms with Gasteiger partial charge in [0.25, 0.3) is 0 Å². The van der Waals surface area contributed by atoms with E-state index in [0.29, 0.717) is 81.7 Å². The molecular formula is C39H52N8O6S2. The molecule has 0 atom stereocenters. The summed E-state index contributed by atoms with van der Waals surface area (Å²) < 4.78 is 37.8. The first-order valence-corrected chi connectivity index (χ1v) is 22.1. The Morgan fingerprint density at radius 3 is 2.56 bits per heavy atom. The van der Waals surface area contributed by atoms with Crippen LogP contribution in [0.3, 0.4) is 0 Å². The number of anilines is 1. The molecule has 14 nitrogen and oxygen atoms in total. The number of nitrogens with two attached hydrogens (primary N) is 1. The molecule has 4 aromatic rings. The number of imidazole rings is 1. The fraction of sp³-hybridized carbons (Fsp3) is 0.590. The van der Waals surface area contributed by atoms with Gasteiger partial charge in [0.05, 0.1) is 40.9 Å². The van der Waals surface area contributed by atoms with Crippen molar-refractivity contribution in [1.29, 1.82) is 0 Å². The van der Waals surface area contributed by atoms with Gasteiger partial charge in [-0.1, -0.05) is 25.2 Å². The lowest BCUT2D eigenvalue weighted by molar-refractivity contribution is -0.133. The predicted octanol–water partition coefficient (Wildman–Crippen LogP) is 4.64. The number of nitrogens with one attached hydrogen (secondary N) is 1. The number of rotatable bonds is 16. The molecule has 6 rings (SSSR count). The minimum absolute atomic E-state index is 0.0885. The molecule has 2 saturated heterocycles.